The number of aryl methyl sites for hydroxylation is 1. The summed E-state index contributed by atoms with van der Waals surface area (Å²) in [5, 5.41) is 3.02. The zero-order valence-electron chi connectivity index (χ0n) is 11.7. The van der Waals surface area contributed by atoms with Gasteiger partial charge in [-0.2, -0.15) is 13.2 Å². The Labute approximate surface area is 116 Å². The van der Waals surface area contributed by atoms with E-state index in [1.165, 1.54) is 13.2 Å². The van der Waals surface area contributed by atoms with Gasteiger partial charge in [-0.25, -0.2) is 0 Å². The molecular weight excluding hydrogens is 271 g/mol. The fraction of sp³-hybridized carbons (Fsp3) is 0.538. The first kappa shape index (κ1) is 16.3. The van der Waals surface area contributed by atoms with E-state index in [2.05, 4.69) is 10.3 Å². The van der Waals surface area contributed by atoms with Crippen molar-refractivity contribution in [2.75, 3.05) is 25.5 Å². The SMILES string of the molecule is CCNc1cc(C)ncc1C(=O)N(C)CCC(F)(F)F. The standard InChI is InChI=1S/C13H18F3N3O/c1-4-17-11-7-9(2)18-8-10(11)12(20)19(3)6-5-13(14,15)16/h7-8H,4-6H2,1-3H3,(H,17,18). The van der Waals surface area contributed by atoms with E-state index in [4.69, 9.17) is 0 Å². The van der Waals surface area contributed by atoms with Crippen LogP contribution in [0.25, 0.3) is 0 Å². The number of hydrogen-bond donors (Lipinski definition) is 1. The Bertz CT molecular complexity index is 474. The fourth-order valence-electron chi connectivity index (χ4n) is 1.67. The van der Waals surface area contributed by atoms with E-state index < -0.39 is 18.5 Å². The molecule has 1 N–H and O–H groups in total. The van der Waals surface area contributed by atoms with Crippen LogP contribution in [0.4, 0.5) is 18.9 Å². The summed E-state index contributed by atoms with van der Waals surface area (Å²) in [7, 11) is 1.35. The van der Waals surface area contributed by atoms with Crippen LogP contribution in [0.3, 0.4) is 0 Å². The number of rotatable bonds is 5. The van der Waals surface area contributed by atoms with Crippen LogP contribution in [0.2, 0.25) is 0 Å². The molecule has 20 heavy (non-hydrogen) atoms. The second kappa shape index (κ2) is 6.58. The minimum atomic E-state index is -4.27. The molecule has 0 aliphatic carbocycles. The number of amides is 1. The second-order valence-corrected chi connectivity index (χ2v) is 4.49. The quantitative estimate of drug-likeness (QED) is 0.906. The van der Waals surface area contributed by atoms with Crippen LogP contribution in [-0.4, -0.2) is 42.1 Å². The van der Waals surface area contributed by atoms with Crippen molar-refractivity contribution in [2.24, 2.45) is 0 Å². The van der Waals surface area contributed by atoms with Crippen LogP contribution in [0.5, 0.6) is 0 Å². The number of hydrogen-bond acceptors (Lipinski definition) is 3. The van der Waals surface area contributed by atoms with E-state index in [1.54, 1.807) is 13.0 Å². The van der Waals surface area contributed by atoms with Gasteiger partial charge in [0.1, 0.15) is 0 Å². The maximum absolute atomic E-state index is 12.2. The maximum Gasteiger partial charge on any atom is 0.390 e. The number of anilines is 1. The zero-order chi connectivity index (χ0) is 15.3. The van der Waals surface area contributed by atoms with Crippen molar-refractivity contribution in [2.45, 2.75) is 26.4 Å². The summed E-state index contributed by atoms with van der Waals surface area (Å²) in [4.78, 5) is 17.2. The highest BCUT2D eigenvalue weighted by Crippen LogP contribution is 2.21. The molecule has 0 saturated carbocycles. The van der Waals surface area contributed by atoms with Gasteiger partial charge in [0.2, 0.25) is 0 Å². The Kier molecular flexibility index (Phi) is 5.35. The van der Waals surface area contributed by atoms with Crippen molar-refractivity contribution in [1.82, 2.24) is 9.88 Å². The van der Waals surface area contributed by atoms with Crippen LogP contribution >= 0.6 is 0 Å². The number of nitrogens with zero attached hydrogens (tertiary/aromatic N) is 2. The molecule has 0 saturated heterocycles. The first-order chi connectivity index (χ1) is 9.24. The maximum atomic E-state index is 12.2. The summed E-state index contributed by atoms with van der Waals surface area (Å²) >= 11 is 0. The molecule has 112 valence electrons. The summed E-state index contributed by atoms with van der Waals surface area (Å²) in [5.74, 6) is -0.474. The van der Waals surface area contributed by atoms with Crippen molar-refractivity contribution in [3.8, 4) is 0 Å². The van der Waals surface area contributed by atoms with E-state index in [0.29, 0.717) is 12.2 Å². The molecule has 7 heteroatoms. The predicted molar refractivity (Wildman–Crippen MR) is 70.8 cm³/mol. The van der Waals surface area contributed by atoms with Crippen molar-refractivity contribution in [3.05, 3.63) is 23.5 Å². The molecule has 0 atom stereocenters. The monoisotopic (exact) mass is 289 g/mol. The minimum absolute atomic E-state index is 0.280. The fourth-order valence-corrected chi connectivity index (χ4v) is 1.67. The summed E-state index contributed by atoms with van der Waals surface area (Å²) in [6.07, 6.45) is -3.91. The third-order valence-corrected chi connectivity index (χ3v) is 2.72. The molecule has 0 aromatic carbocycles. The highest BCUT2D eigenvalue weighted by molar-refractivity contribution is 5.99. The van der Waals surface area contributed by atoms with Gasteiger partial charge in [0, 0.05) is 32.0 Å². The number of carbonyl (C=O) groups excluding carboxylic acids is 1. The molecule has 0 aliphatic rings. The molecule has 4 nitrogen and oxygen atoms in total. The Morgan fingerprint density at radius 2 is 2.10 bits per heavy atom. The van der Waals surface area contributed by atoms with Gasteiger partial charge in [-0.15, -0.1) is 0 Å². The molecule has 1 aromatic rings. The molecule has 0 spiro atoms. The van der Waals surface area contributed by atoms with Gasteiger partial charge in [-0.1, -0.05) is 0 Å². The third kappa shape index (κ3) is 4.71. The van der Waals surface area contributed by atoms with Gasteiger partial charge in [0.05, 0.1) is 17.7 Å². The number of alkyl halides is 3. The van der Waals surface area contributed by atoms with Crippen LogP contribution in [0.15, 0.2) is 12.3 Å². The van der Waals surface area contributed by atoms with Gasteiger partial charge < -0.3 is 10.2 Å². The van der Waals surface area contributed by atoms with E-state index in [0.717, 1.165) is 10.6 Å². The molecule has 1 amide bonds. The Balaban J connectivity index is 2.85. The van der Waals surface area contributed by atoms with Crippen LogP contribution in [0, 0.1) is 6.92 Å². The highest BCUT2D eigenvalue weighted by Gasteiger charge is 2.28. The number of carbonyl (C=O) groups is 1. The molecule has 0 bridgehead atoms. The molecule has 0 aliphatic heterocycles. The largest absolute Gasteiger partial charge is 0.390 e. The molecular formula is C13H18F3N3O. The Morgan fingerprint density at radius 3 is 2.65 bits per heavy atom. The molecule has 1 rings (SSSR count). The predicted octanol–water partition coefficient (Wildman–Crippen LogP) is 2.85. The lowest BCUT2D eigenvalue weighted by Gasteiger charge is -2.20. The van der Waals surface area contributed by atoms with Gasteiger partial charge in [-0.3, -0.25) is 9.78 Å². The number of halogens is 3. The van der Waals surface area contributed by atoms with E-state index >= 15 is 0 Å². The highest BCUT2D eigenvalue weighted by atomic mass is 19.4. The molecule has 0 radical (unpaired) electrons. The van der Waals surface area contributed by atoms with Crippen molar-refractivity contribution in [3.63, 3.8) is 0 Å². The number of nitrogens with one attached hydrogen (secondary N) is 1. The number of aromatic nitrogens is 1. The average Bonchev–Trinajstić information content (AvgIpc) is 2.35. The minimum Gasteiger partial charge on any atom is -0.385 e. The first-order valence-corrected chi connectivity index (χ1v) is 6.27. The Hall–Kier alpha value is -1.79. The van der Waals surface area contributed by atoms with Crippen LogP contribution < -0.4 is 5.32 Å². The van der Waals surface area contributed by atoms with Crippen molar-refractivity contribution < 1.29 is 18.0 Å². The van der Waals surface area contributed by atoms with Gasteiger partial charge in [-0.05, 0) is 19.9 Å². The first-order valence-electron chi connectivity index (χ1n) is 6.27. The lowest BCUT2D eigenvalue weighted by molar-refractivity contribution is -0.136. The topological polar surface area (TPSA) is 45.2 Å². The van der Waals surface area contributed by atoms with Crippen molar-refractivity contribution in [1.29, 1.82) is 0 Å². The van der Waals surface area contributed by atoms with Crippen molar-refractivity contribution >= 4 is 11.6 Å². The molecule has 0 unspecified atom stereocenters. The average molecular weight is 289 g/mol. The van der Waals surface area contributed by atoms with E-state index in [9.17, 15) is 18.0 Å². The number of pyridine rings is 1. The third-order valence-electron chi connectivity index (χ3n) is 2.72. The summed E-state index contributed by atoms with van der Waals surface area (Å²) in [5.41, 5.74) is 1.60. The Morgan fingerprint density at radius 1 is 1.45 bits per heavy atom. The van der Waals surface area contributed by atoms with Gasteiger partial charge in [0.15, 0.2) is 0 Å². The molecule has 1 aromatic heterocycles. The molecule has 1 heterocycles. The van der Waals surface area contributed by atoms with Crippen LogP contribution in [-0.2, 0) is 0 Å². The zero-order valence-corrected chi connectivity index (χ0v) is 11.7. The van der Waals surface area contributed by atoms with Gasteiger partial charge in [0.25, 0.3) is 5.91 Å². The normalized spacial score (nSPS) is 11.3. The molecule has 0 fully saturated rings. The lowest BCUT2D eigenvalue weighted by Crippen LogP contribution is -2.31. The van der Waals surface area contributed by atoms with Crippen LogP contribution in [0.1, 0.15) is 29.4 Å². The smallest absolute Gasteiger partial charge is 0.385 e. The van der Waals surface area contributed by atoms with Gasteiger partial charge >= 0.3 is 6.18 Å². The van der Waals surface area contributed by atoms with E-state index in [1.807, 2.05) is 6.92 Å². The summed E-state index contributed by atoms with van der Waals surface area (Å²) in [6.45, 7) is 3.89. The second-order valence-electron chi connectivity index (χ2n) is 4.49. The summed E-state index contributed by atoms with van der Waals surface area (Å²) in [6, 6.07) is 1.70. The van der Waals surface area contributed by atoms with E-state index in [-0.39, 0.29) is 12.1 Å². The summed E-state index contributed by atoms with van der Waals surface area (Å²) < 4.78 is 36.5. The lowest BCUT2D eigenvalue weighted by atomic mass is 10.2.